The van der Waals surface area contributed by atoms with E-state index in [4.69, 9.17) is 0 Å². The number of amides is 2. The van der Waals surface area contributed by atoms with Crippen molar-refractivity contribution in [1.29, 1.82) is 0 Å². The van der Waals surface area contributed by atoms with Crippen LogP contribution in [0, 0.1) is 0 Å². The number of β-lactam (4-membered cyclic amide) rings is 1. The highest BCUT2D eigenvalue weighted by molar-refractivity contribution is 8.00. The molecular weight excluding hydrogens is 272 g/mol. The second-order valence-electron chi connectivity index (χ2n) is 4.00. The summed E-state index contributed by atoms with van der Waals surface area (Å²) in [7, 11) is 0. The van der Waals surface area contributed by atoms with Gasteiger partial charge in [0.25, 0.3) is 0 Å². The maximum Gasteiger partial charge on any atom is 0.230 e. The van der Waals surface area contributed by atoms with E-state index >= 15 is 0 Å². The second kappa shape index (κ2) is 4.69. The number of hydrogen-bond acceptors (Lipinski definition) is 6. The van der Waals surface area contributed by atoms with Crippen LogP contribution in [0.1, 0.15) is 12.1 Å². The summed E-state index contributed by atoms with van der Waals surface area (Å²) in [5.41, 5.74) is 0.683. The van der Waals surface area contributed by atoms with Crippen LogP contribution in [-0.4, -0.2) is 37.0 Å². The summed E-state index contributed by atoms with van der Waals surface area (Å²) in [6.07, 6.45) is 4.38. The van der Waals surface area contributed by atoms with E-state index in [-0.39, 0.29) is 29.0 Å². The third-order valence-electron chi connectivity index (χ3n) is 2.72. The summed E-state index contributed by atoms with van der Waals surface area (Å²) >= 11 is 2.81. The zero-order chi connectivity index (χ0) is 12.5. The average molecular weight is 282 g/mol. The first-order valence-corrected chi connectivity index (χ1v) is 7.20. The van der Waals surface area contributed by atoms with Crippen LogP contribution >= 0.6 is 23.3 Å². The number of aromatic nitrogens is 2. The van der Waals surface area contributed by atoms with Crippen molar-refractivity contribution in [2.75, 3.05) is 0 Å². The van der Waals surface area contributed by atoms with Crippen molar-refractivity contribution in [3.8, 4) is 0 Å². The van der Waals surface area contributed by atoms with E-state index in [2.05, 4.69) is 14.9 Å². The van der Waals surface area contributed by atoms with Gasteiger partial charge in [0.15, 0.2) is 0 Å². The highest BCUT2D eigenvalue weighted by atomic mass is 32.2. The topological polar surface area (TPSA) is 75.2 Å². The van der Waals surface area contributed by atoms with Gasteiger partial charge < -0.3 is 10.2 Å². The van der Waals surface area contributed by atoms with E-state index in [9.17, 15) is 9.59 Å². The molecule has 1 saturated heterocycles. The van der Waals surface area contributed by atoms with Gasteiger partial charge in [-0.3, -0.25) is 9.59 Å². The Labute approximate surface area is 112 Å². The SMILES string of the molecule is O=C(Cc1csnn1)NC1C=CN2C(=O)C[C@H]2S1. The van der Waals surface area contributed by atoms with E-state index in [1.165, 1.54) is 11.5 Å². The van der Waals surface area contributed by atoms with E-state index in [1.807, 2.05) is 6.08 Å². The summed E-state index contributed by atoms with van der Waals surface area (Å²) in [5, 5.41) is 8.58. The van der Waals surface area contributed by atoms with Crippen LogP contribution in [0.5, 0.6) is 0 Å². The summed E-state index contributed by atoms with van der Waals surface area (Å²) in [6, 6.07) is 0. The van der Waals surface area contributed by atoms with Crippen LogP contribution in [0.3, 0.4) is 0 Å². The Morgan fingerprint density at radius 2 is 2.50 bits per heavy atom. The molecule has 1 N–H and O–H groups in total. The molecule has 94 valence electrons. The Bertz CT molecular complexity index is 502. The zero-order valence-electron chi connectivity index (χ0n) is 9.28. The third-order valence-corrected chi connectivity index (χ3v) is 4.55. The van der Waals surface area contributed by atoms with Crippen LogP contribution in [0.25, 0.3) is 0 Å². The van der Waals surface area contributed by atoms with Gasteiger partial charge in [-0.2, -0.15) is 0 Å². The van der Waals surface area contributed by atoms with Gasteiger partial charge in [-0.05, 0) is 17.6 Å². The number of nitrogens with zero attached hydrogens (tertiary/aromatic N) is 3. The molecule has 2 aliphatic rings. The van der Waals surface area contributed by atoms with Gasteiger partial charge >= 0.3 is 0 Å². The lowest BCUT2D eigenvalue weighted by molar-refractivity contribution is -0.137. The van der Waals surface area contributed by atoms with Crippen molar-refractivity contribution in [3.63, 3.8) is 0 Å². The molecule has 3 rings (SSSR count). The minimum absolute atomic E-state index is 0.0709. The Hall–Kier alpha value is -1.41. The first kappa shape index (κ1) is 11.7. The van der Waals surface area contributed by atoms with Crippen molar-refractivity contribution in [1.82, 2.24) is 19.8 Å². The van der Waals surface area contributed by atoms with E-state index in [1.54, 1.807) is 28.2 Å². The van der Waals surface area contributed by atoms with Crippen molar-refractivity contribution >= 4 is 35.1 Å². The summed E-state index contributed by atoms with van der Waals surface area (Å²) < 4.78 is 3.71. The van der Waals surface area contributed by atoms with Crippen molar-refractivity contribution in [3.05, 3.63) is 23.3 Å². The molecule has 8 heteroatoms. The zero-order valence-corrected chi connectivity index (χ0v) is 10.9. The maximum absolute atomic E-state index is 11.7. The van der Waals surface area contributed by atoms with Crippen molar-refractivity contribution in [2.45, 2.75) is 23.6 Å². The number of rotatable bonds is 3. The summed E-state index contributed by atoms with van der Waals surface area (Å²) in [4.78, 5) is 24.6. The molecule has 6 nitrogen and oxygen atoms in total. The first-order valence-electron chi connectivity index (χ1n) is 5.42. The monoisotopic (exact) mass is 282 g/mol. The van der Waals surface area contributed by atoms with Gasteiger partial charge in [-0.15, -0.1) is 16.9 Å². The van der Waals surface area contributed by atoms with Gasteiger partial charge in [-0.1, -0.05) is 4.49 Å². The standard InChI is InChI=1S/C10H10N4O2S2/c15-7(3-6-5-17-13-12-6)11-8-1-2-14-9(16)4-10(14)18-8/h1-2,5,8,10H,3-4H2,(H,11,15)/t8?,10-/m1/s1. The predicted molar refractivity (Wildman–Crippen MR) is 67.5 cm³/mol. The third kappa shape index (κ3) is 2.25. The van der Waals surface area contributed by atoms with E-state index in [0.717, 1.165) is 0 Å². The number of nitrogens with one attached hydrogen (secondary N) is 1. The lowest BCUT2D eigenvalue weighted by Crippen LogP contribution is -2.51. The molecule has 18 heavy (non-hydrogen) atoms. The molecular formula is C10H10N4O2S2. The molecule has 2 atom stereocenters. The Morgan fingerprint density at radius 1 is 1.61 bits per heavy atom. The first-order chi connectivity index (χ1) is 8.72. The van der Waals surface area contributed by atoms with Crippen molar-refractivity contribution < 1.29 is 9.59 Å². The predicted octanol–water partition coefficient (Wildman–Crippen LogP) is 0.342. The molecule has 1 aromatic heterocycles. The van der Waals surface area contributed by atoms with Crippen LogP contribution in [0.2, 0.25) is 0 Å². The van der Waals surface area contributed by atoms with Gasteiger partial charge in [0, 0.05) is 11.6 Å². The minimum atomic E-state index is -0.0797. The molecule has 1 fully saturated rings. The smallest absolute Gasteiger partial charge is 0.230 e. The Balaban J connectivity index is 1.54. The molecule has 0 spiro atoms. The van der Waals surface area contributed by atoms with Crippen molar-refractivity contribution in [2.24, 2.45) is 0 Å². The number of fused-ring (bicyclic) bond motifs is 1. The molecule has 3 heterocycles. The lowest BCUT2D eigenvalue weighted by atomic mass is 10.2. The fourth-order valence-electron chi connectivity index (χ4n) is 1.80. The van der Waals surface area contributed by atoms with Crippen LogP contribution < -0.4 is 5.32 Å². The van der Waals surface area contributed by atoms with E-state index in [0.29, 0.717) is 12.1 Å². The van der Waals surface area contributed by atoms with Gasteiger partial charge in [0.05, 0.1) is 29.3 Å². The fourth-order valence-corrected chi connectivity index (χ4v) is 3.50. The fraction of sp³-hybridized carbons (Fsp3) is 0.400. The largest absolute Gasteiger partial charge is 0.340 e. The second-order valence-corrected chi connectivity index (χ2v) is 5.93. The number of hydrogen-bond donors (Lipinski definition) is 1. The Morgan fingerprint density at radius 3 is 3.17 bits per heavy atom. The molecule has 0 aliphatic carbocycles. The van der Waals surface area contributed by atoms with Crippen LogP contribution in [-0.2, 0) is 16.0 Å². The summed E-state index contributed by atoms with van der Waals surface area (Å²) in [6.45, 7) is 0. The molecule has 0 saturated carbocycles. The molecule has 2 amide bonds. The molecule has 0 radical (unpaired) electrons. The number of thioether (sulfide) groups is 1. The van der Waals surface area contributed by atoms with Gasteiger partial charge in [-0.25, -0.2) is 0 Å². The Kier molecular flexibility index (Phi) is 3.04. The minimum Gasteiger partial charge on any atom is -0.340 e. The van der Waals surface area contributed by atoms with Crippen LogP contribution in [0.4, 0.5) is 0 Å². The van der Waals surface area contributed by atoms with Gasteiger partial charge in [0.2, 0.25) is 11.8 Å². The highest BCUT2D eigenvalue weighted by Crippen LogP contribution is 2.35. The summed E-state index contributed by atoms with van der Waals surface area (Å²) in [5.74, 6) is 0.0611. The number of carbonyl (C=O) groups excluding carboxylic acids is 2. The molecule has 0 bridgehead atoms. The quantitative estimate of drug-likeness (QED) is 0.809. The molecule has 1 unspecified atom stereocenters. The number of carbonyl (C=O) groups is 2. The lowest BCUT2D eigenvalue weighted by Gasteiger charge is -2.41. The maximum atomic E-state index is 11.7. The van der Waals surface area contributed by atoms with Gasteiger partial charge in [0.1, 0.15) is 0 Å². The normalized spacial score (nSPS) is 25.6. The molecule has 0 aromatic carbocycles. The molecule has 2 aliphatic heterocycles. The highest BCUT2D eigenvalue weighted by Gasteiger charge is 2.39. The average Bonchev–Trinajstić information content (AvgIpc) is 2.80. The van der Waals surface area contributed by atoms with E-state index < -0.39 is 0 Å². The molecule has 1 aromatic rings. The van der Waals surface area contributed by atoms with Crippen LogP contribution in [0.15, 0.2) is 17.7 Å².